The van der Waals surface area contributed by atoms with Crippen molar-refractivity contribution in [2.75, 3.05) is 6.54 Å². The molecule has 0 aliphatic heterocycles. The van der Waals surface area contributed by atoms with Crippen LogP contribution in [0.4, 0.5) is 0 Å². The molecule has 1 N–H and O–H groups in total. The highest BCUT2D eigenvalue weighted by molar-refractivity contribution is 6.42. The first kappa shape index (κ1) is 15.0. The van der Waals surface area contributed by atoms with Crippen LogP contribution in [0.15, 0.2) is 30.6 Å². The molecule has 6 heteroatoms. The zero-order chi connectivity index (χ0) is 14.4. The molecule has 0 spiro atoms. The van der Waals surface area contributed by atoms with Gasteiger partial charge in [0.05, 0.1) is 5.02 Å². The van der Waals surface area contributed by atoms with Crippen LogP contribution in [0.5, 0.6) is 11.8 Å². The third-order valence-electron chi connectivity index (χ3n) is 2.55. The largest absolute Gasteiger partial charge is 0.423 e. The first-order valence-electron chi connectivity index (χ1n) is 6.34. The molecule has 0 aliphatic rings. The zero-order valence-electron chi connectivity index (χ0n) is 11.1. The van der Waals surface area contributed by atoms with Crippen molar-refractivity contribution < 1.29 is 4.74 Å². The lowest BCUT2D eigenvalue weighted by molar-refractivity contribution is 0.441. The highest BCUT2D eigenvalue weighted by atomic mass is 35.5. The Labute approximate surface area is 128 Å². The SMILES string of the molecule is CCCNCc1cnc(Oc2cccc(Cl)c2Cl)nc1. The minimum atomic E-state index is 0.244. The maximum absolute atomic E-state index is 6.04. The molecular weight excluding hydrogens is 297 g/mol. The van der Waals surface area contributed by atoms with Crippen LogP contribution in [-0.4, -0.2) is 16.5 Å². The van der Waals surface area contributed by atoms with Crippen LogP contribution in [0, 0.1) is 0 Å². The molecular formula is C14H15Cl2N3O. The lowest BCUT2D eigenvalue weighted by Gasteiger charge is -2.07. The van der Waals surface area contributed by atoms with Gasteiger partial charge >= 0.3 is 6.01 Å². The van der Waals surface area contributed by atoms with Crippen molar-refractivity contribution >= 4 is 23.2 Å². The van der Waals surface area contributed by atoms with Crippen molar-refractivity contribution in [3.8, 4) is 11.8 Å². The average Bonchev–Trinajstić information content (AvgIpc) is 2.46. The summed E-state index contributed by atoms with van der Waals surface area (Å²) >= 11 is 12.0. The van der Waals surface area contributed by atoms with Crippen LogP contribution in [0.25, 0.3) is 0 Å². The number of hydrogen-bond acceptors (Lipinski definition) is 4. The zero-order valence-corrected chi connectivity index (χ0v) is 12.6. The molecule has 20 heavy (non-hydrogen) atoms. The van der Waals surface area contributed by atoms with Gasteiger partial charge in [0.2, 0.25) is 0 Å². The van der Waals surface area contributed by atoms with E-state index in [2.05, 4.69) is 22.2 Å². The van der Waals surface area contributed by atoms with Gasteiger partial charge in [-0.05, 0) is 25.1 Å². The molecule has 0 radical (unpaired) electrons. The Morgan fingerprint density at radius 3 is 2.65 bits per heavy atom. The maximum atomic E-state index is 6.04. The smallest absolute Gasteiger partial charge is 0.321 e. The van der Waals surface area contributed by atoms with E-state index in [1.165, 1.54) is 0 Å². The molecule has 0 amide bonds. The minimum Gasteiger partial charge on any atom is -0.423 e. The van der Waals surface area contributed by atoms with Gasteiger partial charge < -0.3 is 10.1 Å². The fraction of sp³-hybridized carbons (Fsp3) is 0.286. The topological polar surface area (TPSA) is 47.0 Å². The molecule has 1 heterocycles. The second kappa shape index (κ2) is 7.43. The molecule has 0 fully saturated rings. The first-order valence-corrected chi connectivity index (χ1v) is 7.09. The molecule has 0 unspecified atom stereocenters. The quantitative estimate of drug-likeness (QED) is 0.817. The van der Waals surface area contributed by atoms with E-state index >= 15 is 0 Å². The van der Waals surface area contributed by atoms with Crippen LogP contribution in [0.2, 0.25) is 10.0 Å². The Hall–Kier alpha value is -1.36. The molecule has 0 atom stereocenters. The van der Waals surface area contributed by atoms with Gasteiger partial charge in [-0.3, -0.25) is 0 Å². The van der Waals surface area contributed by atoms with E-state index in [9.17, 15) is 0 Å². The van der Waals surface area contributed by atoms with Crippen LogP contribution < -0.4 is 10.1 Å². The highest BCUT2D eigenvalue weighted by Crippen LogP contribution is 2.33. The summed E-state index contributed by atoms with van der Waals surface area (Å²) in [5, 5.41) is 4.07. The van der Waals surface area contributed by atoms with E-state index in [4.69, 9.17) is 27.9 Å². The van der Waals surface area contributed by atoms with Gasteiger partial charge in [0.1, 0.15) is 5.02 Å². The van der Waals surface area contributed by atoms with Gasteiger partial charge in [0.25, 0.3) is 0 Å². The molecule has 0 saturated carbocycles. The summed E-state index contributed by atoms with van der Waals surface area (Å²) in [6.07, 6.45) is 4.54. The molecule has 2 aromatic rings. The Balaban J connectivity index is 2.01. The highest BCUT2D eigenvalue weighted by Gasteiger charge is 2.08. The predicted molar refractivity (Wildman–Crippen MR) is 80.6 cm³/mol. The standard InChI is InChI=1S/C14H15Cl2N3O/c1-2-6-17-7-10-8-18-14(19-9-10)20-12-5-3-4-11(15)13(12)16/h3-5,8-9,17H,2,6-7H2,1H3. The molecule has 106 valence electrons. The summed E-state index contributed by atoms with van der Waals surface area (Å²) in [5.74, 6) is 0.441. The van der Waals surface area contributed by atoms with Crippen molar-refractivity contribution in [2.24, 2.45) is 0 Å². The summed E-state index contributed by atoms with van der Waals surface area (Å²) in [7, 11) is 0. The fourth-order valence-corrected chi connectivity index (χ4v) is 1.89. The molecule has 0 aliphatic carbocycles. The molecule has 2 rings (SSSR count). The van der Waals surface area contributed by atoms with E-state index < -0.39 is 0 Å². The summed E-state index contributed by atoms with van der Waals surface area (Å²) < 4.78 is 5.51. The number of ether oxygens (including phenoxy) is 1. The summed E-state index contributed by atoms with van der Waals surface area (Å²) in [4.78, 5) is 8.30. The number of nitrogens with zero attached hydrogens (tertiary/aromatic N) is 2. The first-order chi connectivity index (χ1) is 9.70. The number of halogens is 2. The van der Waals surface area contributed by atoms with E-state index in [-0.39, 0.29) is 6.01 Å². The van der Waals surface area contributed by atoms with Gasteiger partial charge in [-0.1, -0.05) is 36.2 Å². The van der Waals surface area contributed by atoms with E-state index in [1.54, 1.807) is 30.6 Å². The second-order valence-corrected chi connectivity index (χ2v) is 4.99. The summed E-state index contributed by atoms with van der Waals surface area (Å²) in [6, 6.07) is 5.41. The van der Waals surface area contributed by atoms with Gasteiger partial charge in [-0.2, -0.15) is 0 Å². The van der Waals surface area contributed by atoms with Crippen LogP contribution in [0.3, 0.4) is 0 Å². The predicted octanol–water partition coefficient (Wildman–Crippen LogP) is 4.08. The Kier molecular flexibility index (Phi) is 5.59. The minimum absolute atomic E-state index is 0.244. The van der Waals surface area contributed by atoms with E-state index in [1.807, 2.05) is 0 Å². The molecule has 4 nitrogen and oxygen atoms in total. The number of rotatable bonds is 6. The molecule has 0 bridgehead atoms. The van der Waals surface area contributed by atoms with Gasteiger partial charge in [-0.25, -0.2) is 9.97 Å². The van der Waals surface area contributed by atoms with Crippen molar-refractivity contribution in [3.05, 3.63) is 46.2 Å². The Morgan fingerprint density at radius 1 is 1.20 bits per heavy atom. The molecule has 1 aromatic carbocycles. The molecule has 0 saturated heterocycles. The third-order valence-corrected chi connectivity index (χ3v) is 3.36. The second-order valence-electron chi connectivity index (χ2n) is 4.20. The van der Waals surface area contributed by atoms with E-state index in [0.29, 0.717) is 15.8 Å². The lowest BCUT2D eigenvalue weighted by Crippen LogP contribution is -2.14. The lowest BCUT2D eigenvalue weighted by atomic mass is 10.3. The average molecular weight is 312 g/mol. The normalized spacial score (nSPS) is 10.6. The summed E-state index contributed by atoms with van der Waals surface area (Å²) in [6.45, 7) is 3.83. The summed E-state index contributed by atoms with van der Waals surface area (Å²) in [5.41, 5.74) is 1.00. The number of nitrogens with one attached hydrogen (secondary N) is 1. The molecule has 1 aromatic heterocycles. The number of aromatic nitrogens is 2. The van der Waals surface area contributed by atoms with Crippen LogP contribution in [-0.2, 0) is 6.54 Å². The number of hydrogen-bond donors (Lipinski definition) is 1. The maximum Gasteiger partial charge on any atom is 0.321 e. The van der Waals surface area contributed by atoms with E-state index in [0.717, 1.165) is 25.1 Å². The van der Waals surface area contributed by atoms with Gasteiger partial charge in [-0.15, -0.1) is 0 Å². The fourth-order valence-electron chi connectivity index (χ4n) is 1.56. The van der Waals surface area contributed by atoms with Crippen molar-refractivity contribution in [1.82, 2.24) is 15.3 Å². The Bertz CT molecular complexity index is 561. The van der Waals surface area contributed by atoms with Crippen LogP contribution in [0.1, 0.15) is 18.9 Å². The van der Waals surface area contributed by atoms with Crippen molar-refractivity contribution in [2.45, 2.75) is 19.9 Å². The van der Waals surface area contributed by atoms with Crippen molar-refractivity contribution in [3.63, 3.8) is 0 Å². The third kappa shape index (κ3) is 4.07. The monoisotopic (exact) mass is 311 g/mol. The van der Waals surface area contributed by atoms with Crippen LogP contribution >= 0.6 is 23.2 Å². The van der Waals surface area contributed by atoms with Gasteiger partial charge in [0.15, 0.2) is 5.75 Å². The van der Waals surface area contributed by atoms with Gasteiger partial charge in [0, 0.05) is 24.5 Å². The number of benzene rings is 1. The van der Waals surface area contributed by atoms with Crippen molar-refractivity contribution in [1.29, 1.82) is 0 Å². The Morgan fingerprint density at radius 2 is 1.95 bits per heavy atom.